The lowest BCUT2D eigenvalue weighted by molar-refractivity contribution is -0.0186. The number of methoxy groups -OCH3 is 1. The van der Waals surface area contributed by atoms with Crippen LogP contribution in [0.2, 0.25) is 0 Å². The number of ether oxygens (including phenoxy) is 2. The molecule has 0 atom stereocenters. The van der Waals surface area contributed by atoms with Crippen LogP contribution >= 0.6 is 0 Å². The van der Waals surface area contributed by atoms with E-state index in [1.807, 2.05) is 0 Å². The van der Waals surface area contributed by atoms with E-state index < -0.39 is 0 Å². The van der Waals surface area contributed by atoms with Gasteiger partial charge in [-0.1, -0.05) is 50.7 Å². The first-order valence-electron chi connectivity index (χ1n) is 7.24. The van der Waals surface area contributed by atoms with Gasteiger partial charge in [0.1, 0.15) is 6.79 Å². The predicted molar refractivity (Wildman–Crippen MR) is 75.6 cm³/mol. The Balaban J connectivity index is 2.98. The fraction of sp³-hybridized carbons (Fsp3) is 0.867. The van der Waals surface area contributed by atoms with Gasteiger partial charge in [0.25, 0.3) is 0 Å². The summed E-state index contributed by atoms with van der Waals surface area (Å²) in [5.41, 5.74) is 0. The molecule has 0 aliphatic carbocycles. The van der Waals surface area contributed by atoms with Crippen LogP contribution in [0.1, 0.15) is 57.8 Å². The number of unbranched alkanes of at least 4 members (excludes halogenated alkanes) is 8. The van der Waals surface area contributed by atoms with Crippen LogP contribution in [-0.2, 0) is 9.47 Å². The van der Waals surface area contributed by atoms with Crippen molar-refractivity contribution in [3.8, 4) is 0 Å². The topological polar surface area (TPSA) is 38.7 Å². The Morgan fingerprint density at radius 3 is 2.06 bits per heavy atom. The standard InChI is InChI=1S/C15H30O3/c1-17-15-18-14-12-10-8-6-4-2-3-5-7-9-11-13-16/h10,12,16H,2-9,11,13-15H2,1H3/b12-10+. The van der Waals surface area contributed by atoms with Gasteiger partial charge in [-0.15, -0.1) is 0 Å². The van der Waals surface area contributed by atoms with Gasteiger partial charge in [0, 0.05) is 13.7 Å². The van der Waals surface area contributed by atoms with E-state index in [-0.39, 0.29) is 0 Å². The molecule has 0 spiro atoms. The third-order valence-electron chi connectivity index (χ3n) is 2.86. The highest BCUT2D eigenvalue weighted by Crippen LogP contribution is 2.09. The van der Waals surface area contributed by atoms with Crippen LogP contribution in [0.3, 0.4) is 0 Å². The Hall–Kier alpha value is -0.380. The van der Waals surface area contributed by atoms with Gasteiger partial charge in [-0.05, 0) is 19.3 Å². The minimum atomic E-state index is 0.348. The molecular weight excluding hydrogens is 228 g/mol. The number of aliphatic hydroxyl groups excluding tert-OH is 1. The zero-order valence-corrected chi connectivity index (χ0v) is 11.9. The van der Waals surface area contributed by atoms with Gasteiger partial charge >= 0.3 is 0 Å². The monoisotopic (exact) mass is 258 g/mol. The molecule has 0 aromatic carbocycles. The molecular formula is C15H30O3. The van der Waals surface area contributed by atoms with E-state index in [9.17, 15) is 0 Å². The highest BCUT2D eigenvalue weighted by atomic mass is 16.7. The molecule has 0 aromatic rings. The number of hydrogen-bond acceptors (Lipinski definition) is 3. The molecule has 0 aliphatic rings. The van der Waals surface area contributed by atoms with Crippen molar-refractivity contribution in [3.05, 3.63) is 12.2 Å². The van der Waals surface area contributed by atoms with Gasteiger partial charge in [-0.2, -0.15) is 0 Å². The van der Waals surface area contributed by atoms with Crippen LogP contribution in [0.25, 0.3) is 0 Å². The van der Waals surface area contributed by atoms with Crippen LogP contribution in [0.4, 0.5) is 0 Å². The van der Waals surface area contributed by atoms with Crippen molar-refractivity contribution in [3.63, 3.8) is 0 Å². The normalized spacial score (nSPS) is 11.4. The quantitative estimate of drug-likeness (QED) is 0.293. The molecule has 0 saturated carbocycles. The zero-order valence-electron chi connectivity index (χ0n) is 11.9. The van der Waals surface area contributed by atoms with E-state index in [2.05, 4.69) is 12.2 Å². The lowest BCUT2D eigenvalue weighted by atomic mass is 10.1. The summed E-state index contributed by atoms with van der Waals surface area (Å²) in [6.45, 7) is 1.37. The molecule has 0 aromatic heterocycles. The summed E-state index contributed by atoms with van der Waals surface area (Å²) in [5, 5.41) is 8.64. The van der Waals surface area contributed by atoms with E-state index in [1.165, 1.54) is 44.9 Å². The summed E-state index contributed by atoms with van der Waals surface area (Å²) < 4.78 is 9.93. The minimum absolute atomic E-state index is 0.348. The smallest absolute Gasteiger partial charge is 0.146 e. The van der Waals surface area contributed by atoms with E-state index in [0.29, 0.717) is 20.0 Å². The maximum Gasteiger partial charge on any atom is 0.146 e. The molecule has 0 saturated heterocycles. The van der Waals surface area contributed by atoms with Gasteiger partial charge < -0.3 is 14.6 Å². The van der Waals surface area contributed by atoms with Crippen LogP contribution in [0.15, 0.2) is 12.2 Å². The van der Waals surface area contributed by atoms with Crippen molar-refractivity contribution < 1.29 is 14.6 Å². The van der Waals surface area contributed by atoms with E-state index in [0.717, 1.165) is 12.8 Å². The molecule has 108 valence electrons. The molecule has 0 rings (SSSR count). The molecule has 0 radical (unpaired) electrons. The van der Waals surface area contributed by atoms with Crippen LogP contribution in [-0.4, -0.2) is 32.2 Å². The van der Waals surface area contributed by atoms with Crippen molar-refractivity contribution in [2.45, 2.75) is 57.8 Å². The molecule has 1 N–H and O–H groups in total. The Morgan fingerprint density at radius 2 is 1.44 bits per heavy atom. The highest BCUT2D eigenvalue weighted by Gasteiger charge is 1.91. The van der Waals surface area contributed by atoms with Crippen molar-refractivity contribution in [2.24, 2.45) is 0 Å². The van der Waals surface area contributed by atoms with Gasteiger partial charge in [0.2, 0.25) is 0 Å². The first-order chi connectivity index (χ1) is 8.91. The average Bonchev–Trinajstić information content (AvgIpc) is 2.39. The van der Waals surface area contributed by atoms with Gasteiger partial charge in [0.15, 0.2) is 0 Å². The molecule has 0 aliphatic heterocycles. The van der Waals surface area contributed by atoms with Gasteiger partial charge in [-0.3, -0.25) is 0 Å². The van der Waals surface area contributed by atoms with Gasteiger partial charge in [0.05, 0.1) is 6.61 Å². The summed E-state index contributed by atoms with van der Waals surface area (Å²) in [6, 6.07) is 0. The second kappa shape index (κ2) is 16.6. The highest BCUT2D eigenvalue weighted by molar-refractivity contribution is 4.80. The largest absolute Gasteiger partial charge is 0.396 e. The second-order valence-corrected chi connectivity index (χ2v) is 4.59. The first kappa shape index (κ1) is 17.6. The molecule has 0 unspecified atom stereocenters. The number of hydrogen-bond donors (Lipinski definition) is 1. The first-order valence-corrected chi connectivity index (χ1v) is 7.24. The lowest BCUT2D eigenvalue weighted by Gasteiger charge is -2.00. The Labute approximate surface area is 112 Å². The van der Waals surface area contributed by atoms with E-state index >= 15 is 0 Å². The average molecular weight is 258 g/mol. The minimum Gasteiger partial charge on any atom is -0.396 e. The molecule has 3 nitrogen and oxygen atoms in total. The number of aliphatic hydroxyl groups is 1. The molecule has 0 fully saturated rings. The van der Waals surface area contributed by atoms with Crippen molar-refractivity contribution in [1.82, 2.24) is 0 Å². The Bertz CT molecular complexity index is 169. The van der Waals surface area contributed by atoms with Crippen molar-refractivity contribution >= 4 is 0 Å². The van der Waals surface area contributed by atoms with E-state index in [4.69, 9.17) is 14.6 Å². The third-order valence-corrected chi connectivity index (χ3v) is 2.86. The second-order valence-electron chi connectivity index (χ2n) is 4.59. The lowest BCUT2D eigenvalue weighted by Crippen LogP contribution is -1.95. The van der Waals surface area contributed by atoms with Crippen molar-refractivity contribution in [1.29, 1.82) is 0 Å². The summed E-state index contributed by atoms with van der Waals surface area (Å²) in [7, 11) is 1.63. The van der Waals surface area contributed by atoms with Gasteiger partial charge in [-0.25, -0.2) is 0 Å². The third kappa shape index (κ3) is 15.6. The zero-order chi connectivity index (χ0) is 13.3. The van der Waals surface area contributed by atoms with Crippen LogP contribution in [0.5, 0.6) is 0 Å². The molecule has 0 bridgehead atoms. The summed E-state index contributed by atoms with van der Waals surface area (Å²) >= 11 is 0. The molecule has 18 heavy (non-hydrogen) atoms. The number of rotatable bonds is 14. The summed E-state index contributed by atoms with van der Waals surface area (Å²) in [6.07, 6.45) is 15.4. The number of allylic oxidation sites excluding steroid dienone is 1. The molecule has 0 heterocycles. The Kier molecular flexibility index (Phi) is 16.3. The summed E-state index contributed by atoms with van der Waals surface area (Å²) in [4.78, 5) is 0. The van der Waals surface area contributed by atoms with Crippen LogP contribution < -0.4 is 0 Å². The van der Waals surface area contributed by atoms with E-state index in [1.54, 1.807) is 7.11 Å². The van der Waals surface area contributed by atoms with Crippen molar-refractivity contribution in [2.75, 3.05) is 27.1 Å². The Morgan fingerprint density at radius 1 is 0.833 bits per heavy atom. The summed E-state index contributed by atoms with van der Waals surface area (Å²) in [5.74, 6) is 0. The predicted octanol–water partition coefficient (Wildman–Crippen LogP) is 3.67. The molecule has 3 heteroatoms. The molecule has 0 amide bonds. The maximum atomic E-state index is 8.64. The SMILES string of the molecule is COCOC/C=C/CCCCCCCCCCO. The maximum absolute atomic E-state index is 8.64. The van der Waals surface area contributed by atoms with Crippen LogP contribution in [0, 0.1) is 0 Å². The fourth-order valence-electron chi connectivity index (χ4n) is 1.82. The fourth-order valence-corrected chi connectivity index (χ4v) is 1.82.